The predicted octanol–water partition coefficient (Wildman–Crippen LogP) is 4.40. The normalized spacial score (nSPS) is 14.1. The first-order chi connectivity index (χ1) is 8.75. The van der Waals surface area contributed by atoms with Crippen LogP contribution in [0.3, 0.4) is 0 Å². The minimum absolute atomic E-state index is 0.143. The molecule has 0 spiro atoms. The fourth-order valence-electron chi connectivity index (χ4n) is 2.15. The molecule has 94 valence electrons. The van der Waals surface area contributed by atoms with E-state index in [1.54, 1.807) is 0 Å². The molecule has 0 radical (unpaired) electrons. The molecule has 0 aliphatic carbocycles. The molecule has 2 aromatic carbocycles. The SMILES string of the molecule is CC(Cc1ccccc1)OC(C)c1ccccc1. The summed E-state index contributed by atoms with van der Waals surface area (Å²) in [5.74, 6) is 0. The molecule has 0 aliphatic heterocycles. The van der Waals surface area contributed by atoms with E-state index >= 15 is 0 Å². The summed E-state index contributed by atoms with van der Waals surface area (Å²) in [6, 6.07) is 20.8. The Morgan fingerprint density at radius 2 is 1.39 bits per heavy atom. The van der Waals surface area contributed by atoms with Crippen LogP contribution in [0.4, 0.5) is 0 Å². The predicted molar refractivity (Wildman–Crippen MR) is 75.6 cm³/mol. The van der Waals surface area contributed by atoms with Crippen molar-refractivity contribution in [3.8, 4) is 0 Å². The van der Waals surface area contributed by atoms with Gasteiger partial charge in [0.1, 0.15) is 0 Å². The fourth-order valence-corrected chi connectivity index (χ4v) is 2.15. The molecule has 0 N–H and O–H groups in total. The Hall–Kier alpha value is -1.60. The summed E-state index contributed by atoms with van der Waals surface area (Å²) in [5, 5.41) is 0. The lowest BCUT2D eigenvalue weighted by atomic mass is 10.1. The van der Waals surface area contributed by atoms with Gasteiger partial charge in [0.15, 0.2) is 0 Å². The van der Waals surface area contributed by atoms with Gasteiger partial charge in [0.05, 0.1) is 12.2 Å². The van der Waals surface area contributed by atoms with Crippen molar-refractivity contribution in [2.75, 3.05) is 0 Å². The summed E-state index contributed by atoms with van der Waals surface area (Å²) in [5.41, 5.74) is 2.56. The van der Waals surface area contributed by atoms with Gasteiger partial charge in [-0.15, -0.1) is 0 Å². The van der Waals surface area contributed by atoms with Crippen LogP contribution in [0.1, 0.15) is 31.1 Å². The zero-order valence-corrected chi connectivity index (χ0v) is 11.0. The van der Waals surface area contributed by atoms with Gasteiger partial charge in [0, 0.05) is 0 Å². The molecular formula is C17H20O. The van der Waals surface area contributed by atoms with E-state index in [4.69, 9.17) is 4.74 Å². The van der Waals surface area contributed by atoms with Crippen LogP contribution in [0.2, 0.25) is 0 Å². The molecule has 2 atom stereocenters. The monoisotopic (exact) mass is 240 g/mol. The standard InChI is InChI=1S/C17H20O/c1-14(13-16-9-5-3-6-10-16)18-15(2)17-11-7-4-8-12-17/h3-12,14-15H,13H2,1-2H3. The van der Waals surface area contributed by atoms with E-state index in [1.807, 2.05) is 12.1 Å². The molecule has 0 bridgehead atoms. The molecule has 18 heavy (non-hydrogen) atoms. The molecule has 0 saturated carbocycles. The molecule has 0 aromatic heterocycles. The van der Waals surface area contributed by atoms with Crippen LogP contribution in [0.15, 0.2) is 60.7 Å². The Labute approximate surface area is 109 Å². The molecule has 0 amide bonds. The minimum atomic E-state index is 0.143. The van der Waals surface area contributed by atoms with Crippen LogP contribution in [-0.2, 0) is 11.2 Å². The van der Waals surface area contributed by atoms with Crippen LogP contribution in [0, 0.1) is 0 Å². The van der Waals surface area contributed by atoms with Crippen LogP contribution >= 0.6 is 0 Å². The summed E-state index contributed by atoms with van der Waals surface area (Å²) >= 11 is 0. The van der Waals surface area contributed by atoms with Crippen molar-refractivity contribution in [3.05, 3.63) is 71.8 Å². The second-order valence-corrected chi connectivity index (χ2v) is 4.69. The van der Waals surface area contributed by atoms with Crippen molar-refractivity contribution < 1.29 is 4.74 Å². The first-order valence-electron chi connectivity index (χ1n) is 6.50. The average Bonchev–Trinajstić information content (AvgIpc) is 2.40. The van der Waals surface area contributed by atoms with E-state index in [2.05, 4.69) is 62.4 Å². The van der Waals surface area contributed by atoms with Gasteiger partial charge in [-0.25, -0.2) is 0 Å². The topological polar surface area (TPSA) is 9.23 Å². The third-order valence-corrected chi connectivity index (χ3v) is 3.07. The van der Waals surface area contributed by atoms with Gasteiger partial charge < -0.3 is 4.74 Å². The van der Waals surface area contributed by atoms with Gasteiger partial charge in [-0.3, -0.25) is 0 Å². The number of ether oxygens (including phenoxy) is 1. The van der Waals surface area contributed by atoms with Gasteiger partial charge in [0.25, 0.3) is 0 Å². The average molecular weight is 240 g/mol. The summed E-state index contributed by atoms with van der Waals surface area (Å²) in [7, 11) is 0. The maximum absolute atomic E-state index is 6.04. The van der Waals surface area contributed by atoms with Crippen molar-refractivity contribution in [2.45, 2.75) is 32.5 Å². The van der Waals surface area contributed by atoms with Gasteiger partial charge in [-0.1, -0.05) is 60.7 Å². The highest BCUT2D eigenvalue weighted by atomic mass is 16.5. The Balaban J connectivity index is 1.90. The minimum Gasteiger partial charge on any atom is -0.371 e. The summed E-state index contributed by atoms with van der Waals surface area (Å²) in [6.45, 7) is 4.24. The van der Waals surface area contributed by atoms with Crippen molar-refractivity contribution in [1.82, 2.24) is 0 Å². The molecule has 2 rings (SSSR count). The largest absolute Gasteiger partial charge is 0.371 e. The first kappa shape index (κ1) is 12.8. The van der Waals surface area contributed by atoms with Crippen LogP contribution in [0.25, 0.3) is 0 Å². The van der Waals surface area contributed by atoms with Crippen LogP contribution in [-0.4, -0.2) is 6.10 Å². The molecule has 0 fully saturated rings. The molecule has 0 heterocycles. The number of rotatable bonds is 5. The lowest BCUT2D eigenvalue weighted by Crippen LogP contribution is -2.14. The molecule has 2 unspecified atom stereocenters. The summed E-state index contributed by atoms with van der Waals surface area (Å²) in [4.78, 5) is 0. The van der Waals surface area contributed by atoms with E-state index in [0.29, 0.717) is 0 Å². The number of benzene rings is 2. The second kappa shape index (κ2) is 6.36. The molecule has 1 heteroatoms. The summed E-state index contributed by atoms with van der Waals surface area (Å²) < 4.78 is 6.04. The maximum atomic E-state index is 6.04. The van der Waals surface area contributed by atoms with E-state index in [-0.39, 0.29) is 12.2 Å². The molecule has 2 aromatic rings. The Kier molecular flexibility index (Phi) is 4.54. The molecule has 0 aliphatic rings. The van der Waals surface area contributed by atoms with Crippen molar-refractivity contribution in [1.29, 1.82) is 0 Å². The highest BCUT2D eigenvalue weighted by Gasteiger charge is 2.10. The molecular weight excluding hydrogens is 220 g/mol. The third kappa shape index (κ3) is 3.71. The van der Waals surface area contributed by atoms with Crippen molar-refractivity contribution in [2.24, 2.45) is 0 Å². The summed E-state index contributed by atoms with van der Waals surface area (Å²) in [6.07, 6.45) is 1.32. The highest BCUT2D eigenvalue weighted by Crippen LogP contribution is 2.19. The van der Waals surface area contributed by atoms with Gasteiger partial charge in [0.2, 0.25) is 0 Å². The van der Waals surface area contributed by atoms with Crippen molar-refractivity contribution >= 4 is 0 Å². The lowest BCUT2D eigenvalue weighted by molar-refractivity contribution is 0.00768. The Morgan fingerprint density at radius 3 is 2.00 bits per heavy atom. The van der Waals surface area contributed by atoms with E-state index in [1.165, 1.54) is 11.1 Å². The zero-order valence-electron chi connectivity index (χ0n) is 11.0. The number of hydrogen-bond acceptors (Lipinski definition) is 1. The van der Waals surface area contributed by atoms with E-state index in [9.17, 15) is 0 Å². The molecule has 0 saturated heterocycles. The maximum Gasteiger partial charge on any atom is 0.0800 e. The molecule has 1 nitrogen and oxygen atoms in total. The quantitative estimate of drug-likeness (QED) is 0.753. The smallest absolute Gasteiger partial charge is 0.0800 e. The van der Waals surface area contributed by atoms with Crippen molar-refractivity contribution in [3.63, 3.8) is 0 Å². The highest BCUT2D eigenvalue weighted by molar-refractivity contribution is 5.17. The van der Waals surface area contributed by atoms with E-state index in [0.717, 1.165) is 6.42 Å². The third-order valence-electron chi connectivity index (χ3n) is 3.07. The Bertz CT molecular complexity index is 450. The Morgan fingerprint density at radius 1 is 0.833 bits per heavy atom. The fraction of sp³-hybridized carbons (Fsp3) is 0.294. The van der Waals surface area contributed by atoms with Gasteiger partial charge in [-0.05, 0) is 31.4 Å². The zero-order chi connectivity index (χ0) is 12.8. The second-order valence-electron chi connectivity index (χ2n) is 4.69. The van der Waals surface area contributed by atoms with E-state index < -0.39 is 0 Å². The first-order valence-corrected chi connectivity index (χ1v) is 6.50. The van der Waals surface area contributed by atoms with Crippen LogP contribution in [0.5, 0.6) is 0 Å². The van der Waals surface area contributed by atoms with Gasteiger partial charge >= 0.3 is 0 Å². The van der Waals surface area contributed by atoms with Gasteiger partial charge in [-0.2, -0.15) is 0 Å². The lowest BCUT2D eigenvalue weighted by Gasteiger charge is -2.19. The number of hydrogen-bond donors (Lipinski definition) is 0. The van der Waals surface area contributed by atoms with Crippen LogP contribution < -0.4 is 0 Å².